The van der Waals surface area contributed by atoms with Crippen LogP contribution in [-0.4, -0.2) is 25.9 Å². The van der Waals surface area contributed by atoms with Gasteiger partial charge in [0, 0.05) is 12.2 Å². The normalized spacial score (nSPS) is 12.6. The van der Waals surface area contributed by atoms with Gasteiger partial charge in [0.15, 0.2) is 10.9 Å². The lowest BCUT2D eigenvalue weighted by molar-refractivity contribution is -0.137. The van der Waals surface area contributed by atoms with Gasteiger partial charge in [-0.25, -0.2) is 0 Å². The fraction of sp³-hybridized carbons (Fsp3) is 0.211. The van der Waals surface area contributed by atoms with E-state index < -0.39 is 27.9 Å². The molecule has 0 aliphatic carbocycles. The topological polar surface area (TPSA) is 73.0 Å². The van der Waals surface area contributed by atoms with Crippen molar-refractivity contribution in [2.75, 3.05) is 5.32 Å². The molecule has 30 heavy (non-hydrogen) atoms. The largest absolute Gasteiger partial charge is 0.461 e. The molecule has 0 saturated carbocycles. The van der Waals surface area contributed by atoms with E-state index in [1.165, 1.54) is 12.3 Å². The van der Waals surface area contributed by atoms with Crippen LogP contribution in [0.5, 0.6) is 0 Å². The fourth-order valence-corrected chi connectivity index (χ4v) is 3.62. The summed E-state index contributed by atoms with van der Waals surface area (Å²) in [6, 6.07) is 6.64. The molecule has 1 amide bonds. The van der Waals surface area contributed by atoms with E-state index in [4.69, 9.17) is 16.0 Å². The van der Waals surface area contributed by atoms with E-state index in [1.807, 2.05) is 0 Å². The number of alkyl halides is 3. The van der Waals surface area contributed by atoms with Gasteiger partial charge in [-0.05, 0) is 37.3 Å². The molecule has 1 atom stereocenters. The minimum atomic E-state index is -4.62. The number of nitrogens with zero attached hydrogens (tertiary/aromatic N) is 3. The van der Waals surface area contributed by atoms with Gasteiger partial charge in [0.2, 0.25) is 11.7 Å². The number of hydrogen-bond acceptors (Lipinski definition) is 5. The van der Waals surface area contributed by atoms with Crippen molar-refractivity contribution in [1.29, 1.82) is 0 Å². The summed E-state index contributed by atoms with van der Waals surface area (Å²) >= 11 is 6.72. The van der Waals surface area contributed by atoms with Crippen LogP contribution >= 0.6 is 23.4 Å². The molecule has 0 radical (unpaired) electrons. The van der Waals surface area contributed by atoms with Gasteiger partial charge in [0.25, 0.3) is 0 Å². The number of furan rings is 1. The molecule has 3 aromatic rings. The van der Waals surface area contributed by atoms with E-state index in [2.05, 4.69) is 22.1 Å². The summed E-state index contributed by atoms with van der Waals surface area (Å²) in [5.74, 6) is 0.486. The fourth-order valence-electron chi connectivity index (χ4n) is 2.53. The predicted molar refractivity (Wildman–Crippen MR) is 108 cm³/mol. The number of allylic oxidation sites excluding steroid dienone is 1. The first-order chi connectivity index (χ1) is 14.2. The second-order valence-electron chi connectivity index (χ2n) is 6.12. The summed E-state index contributed by atoms with van der Waals surface area (Å²) < 4.78 is 46.1. The highest BCUT2D eigenvalue weighted by Crippen LogP contribution is 2.36. The van der Waals surface area contributed by atoms with Crippen molar-refractivity contribution in [2.24, 2.45) is 0 Å². The number of rotatable bonds is 7. The van der Waals surface area contributed by atoms with Crippen LogP contribution in [0.2, 0.25) is 5.02 Å². The number of anilines is 1. The van der Waals surface area contributed by atoms with E-state index in [0.29, 0.717) is 23.3 Å². The molecule has 11 heteroatoms. The molecule has 0 aliphatic rings. The first-order valence-corrected chi connectivity index (χ1v) is 9.88. The summed E-state index contributed by atoms with van der Waals surface area (Å²) in [5, 5.41) is 10.0. The molecular formula is C19H16ClF3N4O2S. The molecule has 3 rings (SSSR count). The van der Waals surface area contributed by atoms with Crippen LogP contribution in [0, 0.1) is 0 Å². The van der Waals surface area contributed by atoms with Gasteiger partial charge in [-0.3, -0.25) is 9.36 Å². The highest BCUT2D eigenvalue weighted by Gasteiger charge is 2.33. The van der Waals surface area contributed by atoms with Crippen LogP contribution in [-0.2, 0) is 17.5 Å². The molecule has 0 saturated heterocycles. The molecule has 1 N–H and O–H groups in total. The van der Waals surface area contributed by atoms with E-state index in [0.717, 1.165) is 23.9 Å². The maximum atomic E-state index is 13.0. The Hall–Kier alpha value is -2.72. The Morgan fingerprint density at radius 1 is 1.40 bits per heavy atom. The average molecular weight is 457 g/mol. The van der Waals surface area contributed by atoms with Gasteiger partial charge in [-0.1, -0.05) is 29.4 Å². The highest BCUT2D eigenvalue weighted by molar-refractivity contribution is 8.00. The molecule has 2 heterocycles. The Morgan fingerprint density at radius 3 is 2.80 bits per heavy atom. The predicted octanol–water partition coefficient (Wildman–Crippen LogP) is 5.52. The summed E-state index contributed by atoms with van der Waals surface area (Å²) in [5.41, 5.74) is -1.02. The van der Waals surface area contributed by atoms with Crippen LogP contribution in [0.1, 0.15) is 12.5 Å². The standard InChI is InChI=1S/C19H16ClF3N4O2S/c1-3-8-27-16(15-5-4-9-29-15)25-26-18(27)30-11(2)17(28)24-12-6-7-14(20)13(10-12)19(21,22)23/h3-7,9-11H,1,8H2,2H3,(H,24,28). The minimum Gasteiger partial charge on any atom is -0.461 e. The van der Waals surface area contributed by atoms with E-state index in [9.17, 15) is 18.0 Å². The summed E-state index contributed by atoms with van der Waals surface area (Å²) in [4.78, 5) is 12.5. The number of thioether (sulfide) groups is 1. The van der Waals surface area contributed by atoms with E-state index in [1.54, 1.807) is 29.7 Å². The zero-order valence-electron chi connectivity index (χ0n) is 15.6. The second kappa shape index (κ2) is 8.97. The van der Waals surface area contributed by atoms with Gasteiger partial charge in [0.1, 0.15) is 0 Å². The third-order valence-corrected chi connectivity index (χ3v) is 5.37. The molecular weight excluding hydrogens is 441 g/mol. The maximum Gasteiger partial charge on any atom is 0.417 e. The highest BCUT2D eigenvalue weighted by atomic mass is 35.5. The summed E-state index contributed by atoms with van der Waals surface area (Å²) in [6.45, 7) is 5.70. The third kappa shape index (κ3) is 4.88. The van der Waals surface area contributed by atoms with Crippen LogP contribution in [0.15, 0.2) is 58.8 Å². The number of amides is 1. The SMILES string of the molecule is C=CCn1c(SC(C)C(=O)Nc2ccc(Cl)c(C(F)(F)F)c2)nnc1-c1ccco1. The molecule has 1 aromatic carbocycles. The number of carbonyl (C=O) groups is 1. The number of halogens is 4. The van der Waals surface area contributed by atoms with Crippen LogP contribution in [0.3, 0.4) is 0 Å². The lowest BCUT2D eigenvalue weighted by Gasteiger charge is -2.14. The van der Waals surface area contributed by atoms with Crippen molar-refractivity contribution in [1.82, 2.24) is 14.8 Å². The summed E-state index contributed by atoms with van der Waals surface area (Å²) in [7, 11) is 0. The van der Waals surface area contributed by atoms with Crippen LogP contribution in [0.4, 0.5) is 18.9 Å². The van der Waals surface area contributed by atoms with Crippen LogP contribution in [0.25, 0.3) is 11.6 Å². The Kier molecular flexibility index (Phi) is 6.57. The van der Waals surface area contributed by atoms with E-state index in [-0.39, 0.29) is 5.69 Å². The zero-order chi connectivity index (χ0) is 21.9. The molecule has 1 unspecified atom stereocenters. The zero-order valence-corrected chi connectivity index (χ0v) is 17.2. The van der Waals surface area contributed by atoms with E-state index >= 15 is 0 Å². The molecule has 0 spiro atoms. The Labute approximate surface area is 179 Å². The third-order valence-electron chi connectivity index (χ3n) is 3.96. The number of aromatic nitrogens is 3. The van der Waals surface area contributed by atoms with Crippen molar-refractivity contribution in [3.63, 3.8) is 0 Å². The first-order valence-electron chi connectivity index (χ1n) is 8.63. The van der Waals surface area contributed by atoms with Crippen molar-refractivity contribution in [3.05, 3.63) is 59.8 Å². The van der Waals surface area contributed by atoms with Crippen molar-refractivity contribution in [3.8, 4) is 11.6 Å². The van der Waals surface area contributed by atoms with Gasteiger partial charge in [-0.15, -0.1) is 16.8 Å². The molecule has 158 valence electrons. The molecule has 0 aliphatic heterocycles. The Morgan fingerprint density at radius 2 is 2.17 bits per heavy atom. The van der Waals surface area contributed by atoms with Crippen molar-refractivity contribution in [2.45, 2.75) is 30.1 Å². The molecule has 2 aromatic heterocycles. The monoisotopic (exact) mass is 456 g/mol. The van der Waals surface area contributed by atoms with Crippen molar-refractivity contribution >= 4 is 35.0 Å². The minimum absolute atomic E-state index is 0.00647. The smallest absolute Gasteiger partial charge is 0.417 e. The number of benzene rings is 1. The average Bonchev–Trinajstić information content (AvgIpc) is 3.33. The summed E-state index contributed by atoms with van der Waals surface area (Å²) in [6.07, 6.45) is -1.47. The molecule has 6 nitrogen and oxygen atoms in total. The van der Waals surface area contributed by atoms with Gasteiger partial charge < -0.3 is 9.73 Å². The molecule has 0 fully saturated rings. The number of carbonyl (C=O) groups excluding carboxylic acids is 1. The molecule has 0 bridgehead atoms. The quantitative estimate of drug-likeness (QED) is 0.374. The van der Waals surface area contributed by atoms with Gasteiger partial charge >= 0.3 is 6.18 Å². The second-order valence-corrected chi connectivity index (χ2v) is 7.84. The van der Waals surface area contributed by atoms with Gasteiger partial charge in [0.05, 0.1) is 22.1 Å². The first kappa shape index (κ1) is 22.0. The van der Waals surface area contributed by atoms with Crippen LogP contribution < -0.4 is 5.32 Å². The lowest BCUT2D eigenvalue weighted by Crippen LogP contribution is -2.23. The van der Waals surface area contributed by atoms with Crippen molar-refractivity contribution < 1.29 is 22.4 Å². The number of nitrogens with one attached hydrogen (secondary N) is 1. The Bertz CT molecular complexity index is 1050. The Balaban J connectivity index is 1.76. The lowest BCUT2D eigenvalue weighted by atomic mass is 10.2. The van der Waals surface area contributed by atoms with Gasteiger partial charge in [-0.2, -0.15) is 13.2 Å². The number of hydrogen-bond donors (Lipinski definition) is 1. The maximum absolute atomic E-state index is 13.0.